The first kappa shape index (κ1) is 31.4. The smallest absolute Gasteiger partial charge is 0 e. The molecule has 1 saturated carbocycles. The molecule has 1 aliphatic rings. The minimum Gasteiger partial charge on any atom is -1.00 e. The topological polar surface area (TPSA) is 19.9 Å². The van der Waals surface area contributed by atoms with Gasteiger partial charge in [-0.05, 0) is 55.9 Å². The van der Waals surface area contributed by atoms with E-state index in [0.29, 0.717) is 0 Å². The molecule has 0 heterocycles. The van der Waals surface area contributed by atoms with E-state index >= 15 is 0 Å². The Morgan fingerprint density at radius 2 is 0.733 bits per heavy atom. The summed E-state index contributed by atoms with van der Waals surface area (Å²) >= 11 is 0. The number of halogens is 1. The van der Waals surface area contributed by atoms with Crippen LogP contribution in [0.2, 0.25) is 0 Å². The molecule has 1 fully saturated rings. The van der Waals surface area contributed by atoms with E-state index in [1.165, 1.54) is 15.9 Å². The first-order chi connectivity index (χ1) is 13.9. The second-order valence-electron chi connectivity index (χ2n) is 5.30. The Balaban J connectivity index is 0. The molecule has 30 heavy (non-hydrogen) atoms. The molecule has 1 nitrogen and oxygen atoms in total. The van der Waals surface area contributed by atoms with Crippen molar-refractivity contribution in [2.75, 3.05) is 0 Å². The summed E-state index contributed by atoms with van der Waals surface area (Å²) in [6.07, 6.45) is 10.0. The summed E-state index contributed by atoms with van der Waals surface area (Å²) in [5.41, 5.74) is 0. The van der Waals surface area contributed by atoms with Crippen LogP contribution in [0.3, 0.4) is 0 Å². The van der Waals surface area contributed by atoms with E-state index in [1.807, 2.05) is 32.1 Å². The average Bonchev–Trinajstić information content (AvgIpc) is 3.39. The summed E-state index contributed by atoms with van der Waals surface area (Å²) in [6, 6.07) is 32.3. The van der Waals surface area contributed by atoms with Crippen molar-refractivity contribution in [2.24, 2.45) is 0 Å². The molecule has 0 unspecified atom stereocenters. The third kappa shape index (κ3) is 11.6. The van der Waals surface area contributed by atoms with Crippen LogP contribution in [0, 0.1) is 45.7 Å². The average molecular weight is 704 g/mol. The zero-order valence-electron chi connectivity index (χ0n) is 16.8. The first-order valence-electron chi connectivity index (χ1n) is 8.98. The van der Waals surface area contributed by atoms with Crippen molar-refractivity contribution in [3.8, 4) is 0 Å². The van der Waals surface area contributed by atoms with Gasteiger partial charge in [-0.15, -0.1) is 0 Å². The van der Waals surface area contributed by atoms with E-state index in [4.69, 9.17) is 4.65 Å². The van der Waals surface area contributed by atoms with Gasteiger partial charge in [0, 0.05) is 20.1 Å². The molecule has 0 atom stereocenters. The van der Waals surface area contributed by atoms with Crippen LogP contribution in [-0.4, -0.2) is 0 Å². The normalized spacial score (nSPS) is 11.0. The molecule has 0 aliphatic heterocycles. The van der Waals surface area contributed by atoms with Gasteiger partial charge in [-0.25, -0.2) is 0 Å². The van der Waals surface area contributed by atoms with Gasteiger partial charge in [0.15, 0.2) is 0 Å². The summed E-state index contributed by atoms with van der Waals surface area (Å²) in [6.45, 7) is 9.50. The van der Waals surface area contributed by atoms with Gasteiger partial charge in [0.2, 0.25) is 0 Å². The van der Waals surface area contributed by atoms with Crippen molar-refractivity contribution in [2.45, 2.75) is 6.92 Å². The van der Waals surface area contributed by atoms with Crippen molar-refractivity contribution in [3.63, 3.8) is 0 Å². The Labute approximate surface area is 214 Å². The fraction of sp³-hybridized carbons (Fsp3) is 0.0385. The van der Waals surface area contributed by atoms with E-state index < -0.39 is 7.92 Å². The zero-order valence-corrected chi connectivity index (χ0v) is 22.3. The molecule has 1 aliphatic carbocycles. The third-order valence-electron chi connectivity index (χ3n) is 3.60. The number of rotatable bonds is 3. The fourth-order valence-electron chi connectivity index (χ4n) is 2.50. The minimum absolute atomic E-state index is 0. The van der Waals surface area contributed by atoms with Gasteiger partial charge in [0.25, 0.3) is 0 Å². The summed E-state index contributed by atoms with van der Waals surface area (Å²) in [7, 11) is -0.446. The predicted molar refractivity (Wildman–Crippen MR) is 122 cm³/mol. The zero-order chi connectivity index (χ0) is 20.5. The second kappa shape index (κ2) is 21.4. The van der Waals surface area contributed by atoms with Gasteiger partial charge in [-0.3, -0.25) is 0 Å². The van der Waals surface area contributed by atoms with Crippen LogP contribution in [0.25, 0.3) is 0 Å². The van der Waals surface area contributed by atoms with Crippen LogP contribution >= 0.6 is 7.92 Å². The Kier molecular flexibility index (Phi) is 22.4. The molecule has 4 rings (SSSR count). The summed E-state index contributed by atoms with van der Waals surface area (Å²) in [5.74, 6) is 0. The molecule has 158 valence electrons. The maximum absolute atomic E-state index is 7.50. The second-order valence-corrected chi connectivity index (χ2v) is 7.52. The van der Waals surface area contributed by atoms with E-state index in [2.05, 4.69) is 105 Å². The van der Waals surface area contributed by atoms with Crippen molar-refractivity contribution in [3.05, 3.63) is 137 Å². The molecule has 0 amide bonds. The number of hydrogen-bond acceptors (Lipinski definition) is 0. The van der Waals surface area contributed by atoms with Crippen LogP contribution in [0.4, 0.5) is 0 Å². The van der Waals surface area contributed by atoms with Gasteiger partial charge in [0.05, 0.1) is 0 Å². The summed E-state index contributed by atoms with van der Waals surface area (Å²) in [4.78, 5) is 0. The molecule has 3 aromatic rings. The van der Waals surface area contributed by atoms with Crippen LogP contribution in [0.1, 0.15) is 6.92 Å². The monoisotopic (exact) mass is 704 g/mol. The van der Waals surface area contributed by atoms with Crippen LogP contribution in [0.5, 0.6) is 0 Å². The van der Waals surface area contributed by atoms with Crippen LogP contribution in [-0.2, 0) is 24.8 Å². The molecule has 4 heteroatoms. The Morgan fingerprint density at radius 1 is 0.533 bits per heavy atom. The molecule has 0 bridgehead atoms. The van der Waals surface area contributed by atoms with Gasteiger partial charge in [0.1, 0.15) is 0 Å². The first-order valence-corrected chi connectivity index (χ1v) is 10.3. The molecule has 6 radical (unpaired) electrons. The van der Waals surface area contributed by atoms with Crippen molar-refractivity contribution >= 4 is 23.8 Å². The van der Waals surface area contributed by atoms with Gasteiger partial charge >= 0.3 is 11.3 Å². The SMILES string of the molecule is [C-]#[O+].[CH2-]C.[CH]1[CH][CH][CH][CH]1.[I-].[Ir].c1ccc(P(c2ccccc2)c2ccccc2)cc1. The Hall–Kier alpha value is -0.791. The molecule has 0 saturated heterocycles. The number of benzene rings is 3. The Bertz CT molecular complexity index is 645. The van der Waals surface area contributed by atoms with E-state index in [9.17, 15) is 0 Å². The molecular weight excluding hydrogens is 678 g/mol. The van der Waals surface area contributed by atoms with Crippen LogP contribution < -0.4 is 39.9 Å². The summed E-state index contributed by atoms with van der Waals surface area (Å²) in [5, 5.41) is 4.19. The van der Waals surface area contributed by atoms with Gasteiger partial charge in [-0.2, -0.15) is 6.92 Å². The fourth-order valence-corrected chi connectivity index (χ4v) is 4.80. The largest absolute Gasteiger partial charge is 1.00 e. The molecule has 0 N–H and O–H groups in total. The van der Waals surface area contributed by atoms with E-state index in [0.717, 1.165) is 0 Å². The van der Waals surface area contributed by atoms with E-state index in [-0.39, 0.29) is 44.1 Å². The van der Waals surface area contributed by atoms with Crippen molar-refractivity contribution in [1.29, 1.82) is 0 Å². The maximum Gasteiger partial charge on any atom is 0 e. The Morgan fingerprint density at radius 3 is 0.933 bits per heavy atom. The van der Waals surface area contributed by atoms with Crippen molar-refractivity contribution in [1.82, 2.24) is 0 Å². The molecule has 3 aromatic carbocycles. The summed E-state index contributed by atoms with van der Waals surface area (Å²) < 4.78 is 7.50. The third-order valence-corrected chi connectivity index (χ3v) is 6.04. The molecule has 0 aromatic heterocycles. The predicted octanol–water partition coefficient (Wildman–Crippen LogP) is 2.27. The van der Waals surface area contributed by atoms with Crippen LogP contribution in [0.15, 0.2) is 91.0 Å². The standard InChI is InChI=1S/C18H15P.C5H5.C2H5.CO.HI.Ir/c1-4-10-16(11-5-1)19(17-12-6-2-7-13-17)18-14-8-3-9-15-18;1-2-4-5-3-1;2*1-2;;/h1-15H;1-5H;1H2,2H3;;1H;/q;;-1;;;/p-1. The number of hydrogen-bond donors (Lipinski definition) is 0. The van der Waals surface area contributed by atoms with Crippen molar-refractivity contribution < 1.29 is 48.7 Å². The molecule has 0 spiro atoms. The maximum atomic E-state index is 7.50. The van der Waals surface area contributed by atoms with E-state index in [1.54, 1.807) is 6.92 Å². The molecular formula is C26H25IIrOP-2. The quantitative estimate of drug-likeness (QED) is 0.173. The van der Waals surface area contributed by atoms with Gasteiger partial charge in [-0.1, -0.05) is 91.0 Å². The van der Waals surface area contributed by atoms with Gasteiger partial charge < -0.3 is 30.9 Å². The minimum atomic E-state index is -0.446.